The molecule has 0 saturated carbocycles. The second kappa shape index (κ2) is 13.2. The number of carbonyl (C=O) groups is 1. The number of hydrogen-bond acceptors (Lipinski definition) is 6. The second-order valence-electron chi connectivity index (χ2n) is 11.3. The third kappa shape index (κ3) is 7.00. The number of imidazole rings is 1. The number of alkyl halides is 3. The van der Waals surface area contributed by atoms with Crippen molar-refractivity contribution >= 4 is 57.4 Å². The number of aromatic amines is 1. The van der Waals surface area contributed by atoms with E-state index in [1.54, 1.807) is 12.1 Å². The minimum absolute atomic E-state index is 0.0258. The number of hydrogen-bond donors (Lipinski definition) is 3. The number of amides is 1. The quantitative estimate of drug-likeness (QED) is 0.210. The molecule has 6 rings (SSSR count). The van der Waals surface area contributed by atoms with Gasteiger partial charge in [0.15, 0.2) is 6.29 Å². The zero-order valence-corrected chi connectivity index (χ0v) is 26.1. The third-order valence-corrected chi connectivity index (χ3v) is 8.84. The summed E-state index contributed by atoms with van der Waals surface area (Å²) >= 11 is 17.1. The average molecular weight is 660 g/mol. The van der Waals surface area contributed by atoms with Gasteiger partial charge in [0.1, 0.15) is 0 Å². The van der Waals surface area contributed by atoms with Crippen molar-refractivity contribution in [2.24, 2.45) is 0 Å². The van der Waals surface area contributed by atoms with Crippen molar-refractivity contribution in [1.82, 2.24) is 14.5 Å². The van der Waals surface area contributed by atoms with Crippen LogP contribution in [-0.2, 0) is 20.9 Å². The van der Waals surface area contributed by atoms with E-state index in [-0.39, 0.29) is 30.5 Å². The summed E-state index contributed by atoms with van der Waals surface area (Å²) in [7, 11) is 0. The van der Waals surface area contributed by atoms with Gasteiger partial charge < -0.3 is 29.8 Å². The van der Waals surface area contributed by atoms with Crippen LogP contribution in [0.3, 0.4) is 0 Å². The number of H-pyrrole nitrogens is 1. The summed E-state index contributed by atoms with van der Waals surface area (Å²) in [6, 6.07) is 22.8. The van der Waals surface area contributed by atoms with Crippen molar-refractivity contribution < 1.29 is 19.4 Å². The Kier molecular flexibility index (Phi) is 9.35. The van der Waals surface area contributed by atoms with Crippen LogP contribution in [0, 0.1) is 0 Å². The Morgan fingerprint density at radius 2 is 1.64 bits per heavy atom. The maximum absolute atomic E-state index is 12.7. The lowest BCUT2D eigenvalue weighted by Crippen LogP contribution is -2.43. The molecule has 3 atom stereocenters. The number of aliphatic hydroxyl groups excluding tert-OH is 1. The Hall–Kier alpha value is -2.89. The number of halogens is 3. The zero-order valence-electron chi connectivity index (χ0n) is 23.8. The normalized spacial score (nSPS) is 21.9. The van der Waals surface area contributed by atoms with Crippen molar-refractivity contribution in [1.29, 1.82) is 0 Å². The van der Waals surface area contributed by atoms with Gasteiger partial charge in [-0.1, -0.05) is 83.3 Å². The number of aliphatic hydroxyl groups is 1. The van der Waals surface area contributed by atoms with Gasteiger partial charge in [-0.3, -0.25) is 9.36 Å². The third-order valence-electron chi connectivity index (χ3n) is 8.32. The Morgan fingerprint density at radius 3 is 2.32 bits per heavy atom. The van der Waals surface area contributed by atoms with Gasteiger partial charge >= 0.3 is 5.69 Å². The van der Waals surface area contributed by atoms with E-state index in [0.717, 1.165) is 60.2 Å². The molecule has 0 radical (unpaired) electrons. The molecule has 2 aliphatic rings. The number of carbonyl (C=O) groups excluding carboxylic acids is 1. The van der Waals surface area contributed by atoms with E-state index in [0.29, 0.717) is 12.1 Å². The highest BCUT2D eigenvalue weighted by Gasteiger charge is 2.35. The maximum atomic E-state index is 12.7. The highest BCUT2D eigenvalue weighted by molar-refractivity contribution is 6.76. The fourth-order valence-electron chi connectivity index (χ4n) is 6.04. The van der Waals surface area contributed by atoms with Crippen LogP contribution >= 0.6 is 34.8 Å². The molecule has 232 valence electrons. The fraction of sp³-hybridized carbons (Fsp3) is 0.375. The zero-order chi connectivity index (χ0) is 30.8. The van der Waals surface area contributed by atoms with Crippen molar-refractivity contribution in [2.45, 2.75) is 54.2 Å². The Labute approximate surface area is 269 Å². The van der Waals surface area contributed by atoms with E-state index in [9.17, 15) is 14.7 Å². The summed E-state index contributed by atoms with van der Waals surface area (Å²) in [5.41, 5.74) is 4.85. The SMILES string of the molecule is O=C(Nc1ccc([C@@H]2O[C@H](CN3CCC(n4c(=O)[nH]c5ccccc54)CC3)C[C@H](c3ccc(CO)cc3)O2)cc1)C(Cl)(Cl)Cl. The fourth-order valence-corrected chi connectivity index (χ4v) is 6.19. The molecule has 1 amide bonds. The number of anilines is 1. The molecular formula is C32H33Cl3N4O5. The molecule has 9 nitrogen and oxygen atoms in total. The number of para-hydroxylation sites is 2. The smallest absolute Gasteiger partial charge is 0.326 e. The first-order valence-electron chi connectivity index (χ1n) is 14.6. The lowest BCUT2D eigenvalue weighted by Gasteiger charge is -2.40. The first kappa shape index (κ1) is 31.1. The number of nitrogens with one attached hydrogen (secondary N) is 2. The van der Waals surface area contributed by atoms with E-state index in [1.807, 2.05) is 65.2 Å². The largest absolute Gasteiger partial charge is 0.392 e. The maximum Gasteiger partial charge on any atom is 0.326 e. The topological polar surface area (TPSA) is 109 Å². The monoisotopic (exact) mass is 658 g/mol. The number of likely N-dealkylation sites (tertiary alicyclic amines) is 1. The van der Waals surface area contributed by atoms with Crippen LogP contribution < -0.4 is 11.0 Å². The van der Waals surface area contributed by atoms with Gasteiger partial charge in [0.2, 0.25) is 0 Å². The van der Waals surface area contributed by atoms with Crippen LogP contribution in [0.4, 0.5) is 5.69 Å². The van der Waals surface area contributed by atoms with E-state index in [2.05, 4.69) is 15.2 Å². The van der Waals surface area contributed by atoms with Crippen molar-refractivity contribution in [3.63, 3.8) is 0 Å². The van der Waals surface area contributed by atoms with Crippen LogP contribution in [0.1, 0.15) is 54.4 Å². The summed E-state index contributed by atoms with van der Waals surface area (Å²) in [6.07, 6.45) is 1.40. The van der Waals surface area contributed by atoms with E-state index >= 15 is 0 Å². The molecule has 1 aromatic heterocycles. The van der Waals surface area contributed by atoms with Gasteiger partial charge in [0, 0.05) is 43.3 Å². The van der Waals surface area contributed by atoms with Gasteiger partial charge in [-0.05, 0) is 48.2 Å². The second-order valence-corrected chi connectivity index (χ2v) is 13.6. The number of ether oxygens (including phenoxy) is 2. The van der Waals surface area contributed by atoms with Crippen LogP contribution in [0.25, 0.3) is 11.0 Å². The highest BCUT2D eigenvalue weighted by Crippen LogP contribution is 2.39. The molecule has 0 spiro atoms. The van der Waals surface area contributed by atoms with Gasteiger partial charge in [-0.25, -0.2) is 4.79 Å². The van der Waals surface area contributed by atoms with Gasteiger partial charge in [0.25, 0.3) is 9.70 Å². The Morgan fingerprint density at radius 1 is 0.955 bits per heavy atom. The molecule has 3 aromatic carbocycles. The number of fused-ring (bicyclic) bond motifs is 1. The summed E-state index contributed by atoms with van der Waals surface area (Å²) in [5.74, 6) is -0.745. The van der Waals surface area contributed by atoms with Gasteiger partial charge in [-0.15, -0.1) is 0 Å². The lowest BCUT2D eigenvalue weighted by atomic mass is 9.98. The number of aromatic nitrogens is 2. The van der Waals surface area contributed by atoms with Gasteiger partial charge in [0.05, 0.1) is 29.8 Å². The minimum Gasteiger partial charge on any atom is -0.392 e. The molecule has 2 fully saturated rings. The predicted octanol–water partition coefficient (Wildman–Crippen LogP) is 6.01. The van der Waals surface area contributed by atoms with E-state index in [1.165, 1.54) is 0 Å². The highest BCUT2D eigenvalue weighted by atomic mass is 35.6. The summed E-state index contributed by atoms with van der Waals surface area (Å²) in [6.45, 7) is 2.38. The first-order chi connectivity index (χ1) is 21.2. The molecule has 0 bridgehead atoms. The van der Waals surface area contributed by atoms with Crippen LogP contribution in [-0.4, -0.2) is 55.0 Å². The molecular weight excluding hydrogens is 627 g/mol. The molecule has 0 aliphatic carbocycles. The predicted molar refractivity (Wildman–Crippen MR) is 171 cm³/mol. The van der Waals surface area contributed by atoms with Crippen molar-refractivity contribution in [2.75, 3.05) is 25.0 Å². The summed E-state index contributed by atoms with van der Waals surface area (Å²) in [4.78, 5) is 30.2. The lowest BCUT2D eigenvalue weighted by molar-refractivity contribution is -0.253. The number of benzene rings is 3. The van der Waals surface area contributed by atoms with E-state index in [4.69, 9.17) is 44.3 Å². The van der Waals surface area contributed by atoms with Crippen LogP contribution in [0.15, 0.2) is 77.6 Å². The van der Waals surface area contributed by atoms with Crippen LogP contribution in [0.2, 0.25) is 0 Å². The van der Waals surface area contributed by atoms with Crippen molar-refractivity contribution in [3.8, 4) is 0 Å². The molecule has 4 aromatic rings. The Balaban J connectivity index is 1.15. The van der Waals surface area contributed by atoms with E-state index < -0.39 is 16.0 Å². The molecule has 0 unspecified atom stereocenters. The van der Waals surface area contributed by atoms with Crippen LogP contribution in [0.5, 0.6) is 0 Å². The number of nitrogens with zero attached hydrogens (tertiary/aromatic N) is 2. The standard InChI is InChI=1S/C32H33Cl3N4O5/c33-32(34,35)30(41)36-23-11-9-22(10-12-23)29-43-25(17-28(44-29)21-7-5-20(19-40)6-8-21)18-38-15-13-24(14-16-38)39-27-4-2-1-3-26(27)37-31(39)42/h1-12,24-25,28-29,40H,13-19H2,(H,36,41)(H,37,42)/t25-,28+,29+/m0/s1. The summed E-state index contributed by atoms with van der Waals surface area (Å²) in [5, 5.41) is 12.1. The molecule has 3 heterocycles. The number of rotatable bonds is 7. The van der Waals surface area contributed by atoms with Crippen molar-refractivity contribution in [3.05, 3.63) is 100.0 Å². The molecule has 3 N–H and O–H groups in total. The summed E-state index contributed by atoms with van der Waals surface area (Å²) < 4.78 is 12.8. The first-order valence-corrected chi connectivity index (χ1v) is 15.7. The molecule has 2 saturated heterocycles. The van der Waals surface area contributed by atoms with Gasteiger partial charge in [-0.2, -0.15) is 0 Å². The molecule has 12 heteroatoms. The number of piperidine rings is 1. The Bertz CT molecular complexity index is 1640. The molecule has 2 aliphatic heterocycles. The minimum atomic E-state index is -2.07. The molecule has 44 heavy (non-hydrogen) atoms. The average Bonchev–Trinajstić information content (AvgIpc) is 3.37.